The van der Waals surface area contributed by atoms with Crippen molar-refractivity contribution < 1.29 is 9.53 Å². The van der Waals surface area contributed by atoms with Crippen LogP contribution in [0.3, 0.4) is 0 Å². The summed E-state index contributed by atoms with van der Waals surface area (Å²) in [5.41, 5.74) is 1.51. The van der Waals surface area contributed by atoms with Crippen LogP contribution in [-0.4, -0.2) is 33.5 Å². The van der Waals surface area contributed by atoms with Gasteiger partial charge in [0.25, 0.3) is 0 Å². The molecule has 1 aliphatic rings. The van der Waals surface area contributed by atoms with Crippen LogP contribution in [0, 0.1) is 0 Å². The molecule has 1 aliphatic heterocycles. The first kappa shape index (κ1) is 17.7. The molecule has 0 saturated carbocycles. The number of anilines is 1. The Morgan fingerprint density at radius 2 is 2.00 bits per heavy atom. The van der Waals surface area contributed by atoms with Crippen molar-refractivity contribution >= 4 is 34.4 Å². The summed E-state index contributed by atoms with van der Waals surface area (Å²) in [5.74, 6) is 0.274. The lowest BCUT2D eigenvalue weighted by atomic mass is 10.0. The van der Waals surface area contributed by atoms with Gasteiger partial charge < -0.3 is 9.64 Å². The number of fused-ring (bicyclic) bond motifs is 1. The molecule has 0 spiro atoms. The number of rotatable bonds is 4. The van der Waals surface area contributed by atoms with E-state index < -0.39 is 0 Å². The van der Waals surface area contributed by atoms with E-state index in [9.17, 15) is 4.79 Å². The largest absolute Gasteiger partial charge is 0.459 e. The Balaban J connectivity index is 1.49. The second-order valence-electron chi connectivity index (χ2n) is 6.49. The number of hydrogen-bond acceptors (Lipinski definition) is 6. The summed E-state index contributed by atoms with van der Waals surface area (Å²) in [4.78, 5) is 27.6. The summed E-state index contributed by atoms with van der Waals surface area (Å²) in [7, 11) is 0. The monoisotopic (exact) mass is 382 g/mol. The molecule has 0 unspecified atom stereocenters. The molecule has 27 heavy (non-hydrogen) atoms. The third kappa shape index (κ3) is 3.85. The number of ether oxygens (including phenoxy) is 1. The van der Waals surface area contributed by atoms with Crippen molar-refractivity contribution in [2.75, 3.05) is 11.4 Å². The molecular formula is C20H19ClN4O2. The normalized spacial score (nSPS) is 17.1. The van der Waals surface area contributed by atoms with E-state index in [1.54, 1.807) is 18.5 Å². The number of piperidine rings is 1. The fraction of sp³-hybridized carbons (Fsp3) is 0.300. The smallest absolute Gasteiger partial charge is 0.329 e. The van der Waals surface area contributed by atoms with Gasteiger partial charge in [-0.2, -0.15) is 0 Å². The van der Waals surface area contributed by atoms with Crippen LogP contribution in [0.2, 0.25) is 5.15 Å². The van der Waals surface area contributed by atoms with Crippen LogP contribution >= 0.6 is 11.6 Å². The molecule has 2 aromatic heterocycles. The third-order valence-electron chi connectivity index (χ3n) is 4.70. The van der Waals surface area contributed by atoms with Crippen molar-refractivity contribution in [1.82, 2.24) is 15.0 Å². The zero-order valence-corrected chi connectivity index (χ0v) is 15.5. The Hall–Kier alpha value is -2.73. The van der Waals surface area contributed by atoms with Crippen LogP contribution in [0.4, 0.5) is 5.95 Å². The Bertz CT molecular complexity index is 951. The van der Waals surface area contributed by atoms with E-state index in [4.69, 9.17) is 16.3 Å². The molecule has 1 aromatic carbocycles. The van der Waals surface area contributed by atoms with E-state index >= 15 is 0 Å². The van der Waals surface area contributed by atoms with Crippen LogP contribution in [0.1, 0.15) is 24.8 Å². The molecule has 1 fully saturated rings. The second-order valence-corrected chi connectivity index (χ2v) is 6.85. The van der Waals surface area contributed by atoms with E-state index in [0.29, 0.717) is 16.7 Å². The van der Waals surface area contributed by atoms with E-state index in [2.05, 4.69) is 15.0 Å². The van der Waals surface area contributed by atoms with Crippen LogP contribution in [-0.2, 0) is 16.1 Å². The summed E-state index contributed by atoms with van der Waals surface area (Å²) in [6.45, 7) is 0.831. The highest BCUT2D eigenvalue weighted by atomic mass is 35.5. The lowest BCUT2D eigenvalue weighted by molar-refractivity contribution is -0.147. The van der Waals surface area contributed by atoms with Gasteiger partial charge in [0, 0.05) is 29.9 Å². The lowest BCUT2D eigenvalue weighted by Gasteiger charge is -2.33. The maximum absolute atomic E-state index is 12.7. The Kier molecular flexibility index (Phi) is 5.16. The van der Waals surface area contributed by atoms with Gasteiger partial charge in [0.1, 0.15) is 17.8 Å². The maximum Gasteiger partial charge on any atom is 0.329 e. The molecule has 6 nitrogen and oxygen atoms in total. The molecule has 0 bridgehead atoms. The molecule has 1 atom stereocenters. The summed E-state index contributed by atoms with van der Waals surface area (Å²) in [6.07, 6.45) is 6.06. The minimum atomic E-state index is -0.381. The predicted molar refractivity (Wildman–Crippen MR) is 104 cm³/mol. The van der Waals surface area contributed by atoms with Crippen molar-refractivity contribution in [2.24, 2.45) is 0 Å². The second kappa shape index (κ2) is 7.88. The number of carbonyl (C=O) groups is 1. The van der Waals surface area contributed by atoms with E-state index in [0.717, 1.165) is 36.7 Å². The maximum atomic E-state index is 12.7. The van der Waals surface area contributed by atoms with Gasteiger partial charge in [-0.15, -0.1) is 0 Å². The number of esters is 1. The molecule has 7 heteroatoms. The lowest BCUT2D eigenvalue weighted by Crippen LogP contribution is -2.46. The zero-order valence-electron chi connectivity index (χ0n) is 14.7. The Morgan fingerprint density at radius 3 is 2.85 bits per heavy atom. The van der Waals surface area contributed by atoms with E-state index in [-0.39, 0.29) is 18.6 Å². The number of nitrogens with zero attached hydrogens (tertiary/aromatic N) is 4. The number of benzene rings is 1. The Morgan fingerprint density at radius 1 is 1.19 bits per heavy atom. The number of halogens is 1. The summed E-state index contributed by atoms with van der Waals surface area (Å²) < 4.78 is 5.59. The van der Waals surface area contributed by atoms with Crippen LogP contribution in [0.25, 0.3) is 10.9 Å². The van der Waals surface area contributed by atoms with Crippen molar-refractivity contribution in [3.63, 3.8) is 0 Å². The van der Waals surface area contributed by atoms with Gasteiger partial charge in [-0.1, -0.05) is 29.8 Å². The molecule has 4 rings (SSSR count). The average molecular weight is 383 g/mol. The standard InChI is InChI=1S/C20H19ClN4O2/c21-18-15(12-14-6-1-2-7-16(14)24-18)13-27-19(26)17-8-3-4-11-25(17)20-22-9-5-10-23-20/h1-2,5-7,9-10,12,17H,3-4,8,11,13H2/t17-/m1/s1. The predicted octanol–water partition coefficient (Wildman–Crippen LogP) is 3.78. The van der Waals surface area contributed by atoms with Crippen molar-refractivity contribution in [1.29, 1.82) is 0 Å². The van der Waals surface area contributed by atoms with Gasteiger partial charge in [0.05, 0.1) is 5.52 Å². The number of hydrogen-bond donors (Lipinski definition) is 0. The SMILES string of the molecule is O=C(OCc1cc2ccccc2nc1Cl)[C@H]1CCCCN1c1ncccn1. The first-order valence-corrected chi connectivity index (χ1v) is 9.34. The number of aromatic nitrogens is 3. The zero-order chi connectivity index (χ0) is 18.6. The van der Waals surface area contributed by atoms with Gasteiger partial charge in [0.15, 0.2) is 0 Å². The molecule has 138 valence electrons. The molecule has 3 aromatic rings. The number of pyridine rings is 1. The molecule has 0 N–H and O–H groups in total. The minimum absolute atomic E-state index is 0.0927. The summed E-state index contributed by atoms with van der Waals surface area (Å²) >= 11 is 6.26. The van der Waals surface area contributed by atoms with Crippen molar-refractivity contribution in [2.45, 2.75) is 31.9 Å². The van der Waals surface area contributed by atoms with Gasteiger partial charge in [-0.3, -0.25) is 0 Å². The van der Waals surface area contributed by atoms with Gasteiger partial charge >= 0.3 is 5.97 Å². The summed E-state index contributed by atoms with van der Waals surface area (Å²) in [6, 6.07) is 11.0. The van der Waals surface area contributed by atoms with Crippen LogP contribution in [0.5, 0.6) is 0 Å². The quantitative estimate of drug-likeness (QED) is 0.505. The molecular weight excluding hydrogens is 364 g/mol. The molecule has 3 heterocycles. The first-order chi connectivity index (χ1) is 13.2. The molecule has 0 radical (unpaired) electrons. The highest BCUT2D eigenvalue weighted by Crippen LogP contribution is 2.24. The van der Waals surface area contributed by atoms with Gasteiger partial charge in [-0.25, -0.2) is 19.7 Å². The fourth-order valence-electron chi connectivity index (χ4n) is 3.34. The number of para-hydroxylation sites is 1. The van der Waals surface area contributed by atoms with E-state index in [1.165, 1.54) is 0 Å². The van der Waals surface area contributed by atoms with Gasteiger partial charge in [-0.05, 0) is 37.5 Å². The van der Waals surface area contributed by atoms with Crippen LogP contribution < -0.4 is 4.90 Å². The Labute approximate surface area is 162 Å². The highest BCUT2D eigenvalue weighted by molar-refractivity contribution is 6.30. The van der Waals surface area contributed by atoms with Crippen molar-refractivity contribution in [3.05, 3.63) is 59.5 Å². The van der Waals surface area contributed by atoms with Gasteiger partial charge in [0.2, 0.25) is 5.95 Å². The topological polar surface area (TPSA) is 68.2 Å². The van der Waals surface area contributed by atoms with E-state index in [1.807, 2.05) is 35.2 Å². The van der Waals surface area contributed by atoms with Crippen LogP contribution in [0.15, 0.2) is 48.8 Å². The average Bonchev–Trinajstić information content (AvgIpc) is 2.72. The molecule has 0 aliphatic carbocycles. The minimum Gasteiger partial charge on any atom is -0.459 e. The van der Waals surface area contributed by atoms with Crippen molar-refractivity contribution in [3.8, 4) is 0 Å². The molecule has 1 saturated heterocycles. The third-order valence-corrected chi connectivity index (χ3v) is 5.03. The molecule has 0 amide bonds. The summed E-state index contributed by atoms with van der Waals surface area (Å²) in [5, 5.41) is 1.32. The number of carbonyl (C=O) groups excluding carboxylic acids is 1. The first-order valence-electron chi connectivity index (χ1n) is 8.97. The fourth-order valence-corrected chi connectivity index (χ4v) is 3.54. The highest BCUT2D eigenvalue weighted by Gasteiger charge is 2.31.